The van der Waals surface area contributed by atoms with Crippen LogP contribution in [0.2, 0.25) is 10.0 Å². The first-order chi connectivity index (χ1) is 12.5. The highest BCUT2D eigenvalue weighted by atomic mass is 35.5. The minimum absolute atomic E-state index is 0.0204. The second-order valence-electron chi connectivity index (χ2n) is 5.83. The van der Waals surface area contributed by atoms with Crippen molar-refractivity contribution in [1.82, 2.24) is 20.0 Å². The Morgan fingerprint density at radius 1 is 1.00 bits per heavy atom. The molecule has 2 heterocycles. The minimum atomic E-state index is -0.201. The van der Waals surface area contributed by atoms with Gasteiger partial charge in [0.25, 0.3) is 5.91 Å². The topological polar surface area (TPSA) is 78.4 Å². The van der Waals surface area contributed by atoms with Gasteiger partial charge in [-0.2, -0.15) is 0 Å². The SMILES string of the molecule is CC(=O)N1CCN(C(=O)c2ccc(Nc3cccc(Cl)c3Cl)nn2)CC1. The molecule has 1 fully saturated rings. The molecule has 3 rings (SSSR count). The normalized spacial score (nSPS) is 14.3. The first-order valence-electron chi connectivity index (χ1n) is 8.05. The van der Waals surface area contributed by atoms with Crippen molar-refractivity contribution in [2.75, 3.05) is 31.5 Å². The lowest BCUT2D eigenvalue weighted by molar-refractivity contribution is -0.130. The highest BCUT2D eigenvalue weighted by Gasteiger charge is 2.24. The Hall–Kier alpha value is -2.38. The lowest BCUT2D eigenvalue weighted by Crippen LogP contribution is -2.50. The third-order valence-corrected chi connectivity index (χ3v) is 4.93. The maximum absolute atomic E-state index is 12.5. The lowest BCUT2D eigenvalue weighted by atomic mass is 10.2. The van der Waals surface area contributed by atoms with Crippen LogP contribution >= 0.6 is 23.2 Å². The molecule has 1 aliphatic rings. The van der Waals surface area contributed by atoms with Gasteiger partial charge in [-0.1, -0.05) is 29.3 Å². The summed E-state index contributed by atoms with van der Waals surface area (Å²) in [6.45, 7) is 3.56. The molecule has 136 valence electrons. The maximum atomic E-state index is 12.5. The van der Waals surface area contributed by atoms with E-state index in [0.29, 0.717) is 47.7 Å². The number of carbonyl (C=O) groups excluding carboxylic acids is 2. The van der Waals surface area contributed by atoms with Gasteiger partial charge in [0.05, 0.1) is 15.7 Å². The van der Waals surface area contributed by atoms with E-state index in [0.717, 1.165) is 0 Å². The Balaban J connectivity index is 1.65. The van der Waals surface area contributed by atoms with E-state index in [1.54, 1.807) is 40.1 Å². The number of aromatic nitrogens is 2. The van der Waals surface area contributed by atoms with E-state index in [9.17, 15) is 9.59 Å². The van der Waals surface area contributed by atoms with Crippen LogP contribution in [-0.4, -0.2) is 58.0 Å². The summed E-state index contributed by atoms with van der Waals surface area (Å²) in [5.41, 5.74) is 0.858. The molecule has 2 amide bonds. The Morgan fingerprint density at radius 2 is 1.69 bits per heavy atom. The average Bonchev–Trinajstić information content (AvgIpc) is 2.65. The summed E-state index contributed by atoms with van der Waals surface area (Å²) in [5, 5.41) is 11.9. The van der Waals surface area contributed by atoms with Crippen LogP contribution in [0.25, 0.3) is 0 Å². The number of piperazine rings is 1. The van der Waals surface area contributed by atoms with Gasteiger partial charge in [0.15, 0.2) is 11.5 Å². The molecular formula is C17H17Cl2N5O2. The summed E-state index contributed by atoms with van der Waals surface area (Å²) < 4.78 is 0. The molecule has 1 saturated heterocycles. The highest BCUT2D eigenvalue weighted by molar-refractivity contribution is 6.43. The van der Waals surface area contributed by atoms with Crippen LogP contribution in [0.5, 0.6) is 0 Å². The molecule has 1 N–H and O–H groups in total. The van der Waals surface area contributed by atoms with Crippen LogP contribution in [0, 0.1) is 0 Å². The summed E-state index contributed by atoms with van der Waals surface area (Å²) in [6, 6.07) is 8.48. The number of benzene rings is 1. The first kappa shape index (κ1) is 18.4. The number of carbonyl (C=O) groups is 2. The Kier molecular flexibility index (Phi) is 5.58. The van der Waals surface area contributed by atoms with Gasteiger partial charge in [-0.05, 0) is 24.3 Å². The van der Waals surface area contributed by atoms with Gasteiger partial charge >= 0.3 is 0 Å². The highest BCUT2D eigenvalue weighted by Crippen LogP contribution is 2.31. The molecule has 1 aromatic carbocycles. The number of anilines is 2. The average molecular weight is 394 g/mol. The van der Waals surface area contributed by atoms with Crippen molar-refractivity contribution in [1.29, 1.82) is 0 Å². The van der Waals surface area contributed by atoms with Crippen LogP contribution in [0.1, 0.15) is 17.4 Å². The van der Waals surface area contributed by atoms with Gasteiger partial charge in [-0.3, -0.25) is 9.59 Å². The monoisotopic (exact) mass is 393 g/mol. The van der Waals surface area contributed by atoms with E-state index >= 15 is 0 Å². The summed E-state index contributed by atoms with van der Waals surface area (Å²) in [4.78, 5) is 27.2. The van der Waals surface area contributed by atoms with Gasteiger partial charge < -0.3 is 15.1 Å². The third-order valence-electron chi connectivity index (χ3n) is 4.11. The second kappa shape index (κ2) is 7.88. The largest absolute Gasteiger partial charge is 0.339 e. The molecule has 0 bridgehead atoms. The Bertz CT molecular complexity index is 820. The van der Waals surface area contributed by atoms with Crippen LogP contribution in [0.4, 0.5) is 11.5 Å². The summed E-state index contributed by atoms with van der Waals surface area (Å²) in [6.07, 6.45) is 0. The number of hydrogen-bond acceptors (Lipinski definition) is 5. The predicted molar refractivity (Wildman–Crippen MR) is 99.9 cm³/mol. The van der Waals surface area contributed by atoms with Crippen molar-refractivity contribution in [3.8, 4) is 0 Å². The summed E-state index contributed by atoms with van der Waals surface area (Å²) in [7, 11) is 0. The van der Waals surface area contributed by atoms with Gasteiger partial charge in [0.2, 0.25) is 5.91 Å². The maximum Gasteiger partial charge on any atom is 0.274 e. The van der Waals surface area contributed by atoms with Crippen molar-refractivity contribution in [2.45, 2.75) is 6.92 Å². The first-order valence-corrected chi connectivity index (χ1v) is 8.81. The smallest absolute Gasteiger partial charge is 0.274 e. The van der Waals surface area contributed by atoms with Crippen molar-refractivity contribution in [2.24, 2.45) is 0 Å². The molecule has 2 aromatic rings. The van der Waals surface area contributed by atoms with E-state index in [4.69, 9.17) is 23.2 Å². The van der Waals surface area contributed by atoms with E-state index < -0.39 is 0 Å². The zero-order valence-electron chi connectivity index (χ0n) is 14.1. The van der Waals surface area contributed by atoms with E-state index in [1.165, 1.54) is 6.92 Å². The van der Waals surface area contributed by atoms with Crippen LogP contribution in [-0.2, 0) is 4.79 Å². The molecule has 0 spiro atoms. The van der Waals surface area contributed by atoms with Crippen LogP contribution < -0.4 is 5.32 Å². The van der Waals surface area contributed by atoms with Crippen LogP contribution in [0.15, 0.2) is 30.3 Å². The number of nitrogens with zero attached hydrogens (tertiary/aromatic N) is 4. The quantitative estimate of drug-likeness (QED) is 0.866. The summed E-state index contributed by atoms with van der Waals surface area (Å²) >= 11 is 12.1. The lowest BCUT2D eigenvalue weighted by Gasteiger charge is -2.33. The van der Waals surface area contributed by atoms with E-state index in [2.05, 4.69) is 15.5 Å². The van der Waals surface area contributed by atoms with Gasteiger partial charge in [0.1, 0.15) is 0 Å². The molecule has 9 heteroatoms. The van der Waals surface area contributed by atoms with E-state index in [-0.39, 0.29) is 17.5 Å². The summed E-state index contributed by atoms with van der Waals surface area (Å²) in [5.74, 6) is 0.271. The van der Waals surface area contributed by atoms with Crippen molar-refractivity contribution >= 4 is 46.5 Å². The predicted octanol–water partition coefficient (Wildman–Crippen LogP) is 2.83. The fourth-order valence-corrected chi connectivity index (χ4v) is 2.99. The number of nitrogens with one attached hydrogen (secondary N) is 1. The van der Waals surface area contributed by atoms with Crippen molar-refractivity contribution < 1.29 is 9.59 Å². The molecule has 0 radical (unpaired) electrons. The number of amides is 2. The number of rotatable bonds is 3. The van der Waals surface area contributed by atoms with Crippen molar-refractivity contribution in [3.63, 3.8) is 0 Å². The molecule has 0 unspecified atom stereocenters. The molecule has 7 nitrogen and oxygen atoms in total. The molecule has 1 aromatic heterocycles. The standard InChI is InChI=1S/C17H17Cl2N5O2/c1-11(25)23-7-9-24(10-8-23)17(26)14-5-6-15(22-21-14)20-13-4-2-3-12(18)16(13)19/h2-6H,7-10H2,1H3,(H,20,22). The minimum Gasteiger partial charge on any atom is -0.339 e. The van der Waals surface area contributed by atoms with Gasteiger partial charge in [-0.15, -0.1) is 10.2 Å². The molecular weight excluding hydrogens is 377 g/mol. The molecule has 1 aliphatic heterocycles. The molecule has 0 atom stereocenters. The molecule has 0 aliphatic carbocycles. The molecule has 26 heavy (non-hydrogen) atoms. The zero-order valence-corrected chi connectivity index (χ0v) is 15.6. The van der Waals surface area contributed by atoms with Crippen molar-refractivity contribution in [3.05, 3.63) is 46.1 Å². The van der Waals surface area contributed by atoms with Gasteiger partial charge in [0, 0.05) is 33.1 Å². The van der Waals surface area contributed by atoms with Gasteiger partial charge in [-0.25, -0.2) is 0 Å². The third kappa shape index (κ3) is 4.05. The Morgan fingerprint density at radius 3 is 2.31 bits per heavy atom. The van der Waals surface area contributed by atoms with Crippen LogP contribution in [0.3, 0.4) is 0 Å². The number of hydrogen-bond donors (Lipinski definition) is 1. The number of halogens is 2. The second-order valence-corrected chi connectivity index (χ2v) is 6.61. The molecule has 0 saturated carbocycles. The zero-order chi connectivity index (χ0) is 18.7. The van der Waals surface area contributed by atoms with E-state index in [1.807, 2.05) is 0 Å². The fourth-order valence-electron chi connectivity index (χ4n) is 2.64. The Labute approximate surface area is 160 Å². The fraction of sp³-hybridized carbons (Fsp3) is 0.294.